The van der Waals surface area contributed by atoms with Gasteiger partial charge < -0.3 is 28.0 Å². The van der Waals surface area contributed by atoms with Gasteiger partial charge in [-0.25, -0.2) is 0 Å². The van der Waals surface area contributed by atoms with Gasteiger partial charge in [0.15, 0.2) is 28.6 Å². The van der Waals surface area contributed by atoms with Gasteiger partial charge >= 0.3 is 6.85 Å². The lowest BCUT2D eigenvalue weighted by atomic mass is 9.43. The minimum absolute atomic E-state index is 0.374. The number of hydrogen-bond acceptors (Lipinski definition) is 6. The SMILES string of the molecule is Cc1cc(-c2ccccc2)ccc1N1c2cc3c(cc2B2c4c1cc1c(oc5ccccc51)c4-c1cc4ccccc4cc1N2c1cccc2c1oc1ccccc12)Oc1ccccc1O3. The molecule has 0 bridgehead atoms. The number of furan rings is 2. The van der Waals surface area contributed by atoms with Crippen LogP contribution in [0.3, 0.4) is 0 Å². The average molecular weight is 847 g/mol. The number of ether oxygens (including phenoxy) is 2. The molecule has 5 heterocycles. The third kappa shape index (κ3) is 4.91. The standard InChI is InChI=1S/C59H35BN2O4/c1-34-28-38(35-14-3-2-4-15-35)26-27-45(34)61-48-33-55-54(63-52-24-11-12-25-53(52)64-55)32-44(48)60-57-49(61)31-42-40-19-8-10-23-51(40)66-59(42)56(57)43-29-36-16-5-6-17-37(36)30-47(43)62(60)46-21-13-20-41-39-18-7-9-22-50(39)65-58(41)46/h2-33H,1H3. The van der Waals surface area contributed by atoms with Crippen LogP contribution < -0.4 is 30.1 Å². The maximum Gasteiger partial charge on any atom is 0.333 e. The number of hydrogen-bond donors (Lipinski definition) is 0. The second-order valence-electron chi connectivity index (χ2n) is 17.6. The van der Waals surface area contributed by atoms with E-state index in [0.717, 1.165) is 116 Å². The van der Waals surface area contributed by atoms with Crippen LogP contribution in [0.1, 0.15) is 5.56 Å². The molecular formula is C59H35BN2O4. The Morgan fingerprint density at radius 3 is 1.83 bits per heavy atom. The fourth-order valence-corrected chi connectivity index (χ4v) is 11.1. The highest BCUT2D eigenvalue weighted by atomic mass is 16.6. The van der Waals surface area contributed by atoms with Gasteiger partial charge in [-0.05, 0) is 112 Å². The Balaban J connectivity index is 1.11. The zero-order chi connectivity index (χ0) is 43.2. The molecule has 0 fully saturated rings. The van der Waals surface area contributed by atoms with Crippen molar-refractivity contribution < 1.29 is 18.3 Å². The average Bonchev–Trinajstić information content (AvgIpc) is 3.94. The first-order valence-electron chi connectivity index (χ1n) is 22.4. The lowest BCUT2D eigenvalue weighted by Crippen LogP contribution is -2.61. The number of para-hydroxylation sites is 5. The van der Waals surface area contributed by atoms with Crippen molar-refractivity contribution in [3.05, 3.63) is 200 Å². The summed E-state index contributed by atoms with van der Waals surface area (Å²) in [6.45, 7) is 1.84. The number of fused-ring (bicyclic) bond motifs is 14. The van der Waals surface area contributed by atoms with Crippen LogP contribution >= 0.6 is 0 Å². The van der Waals surface area contributed by atoms with E-state index in [9.17, 15) is 0 Å². The minimum atomic E-state index is -0.374. The van der Waals surface area contributed by atoms with E-state index in [4.69, 9.17) is 18.3 Å². The Morgan fingerprint density at radius 2 is 1.06 bits per heavy atom. The molecule has 0 unspecified atom stereocenters. The quantitative estimate of drug-likeness (QED) is 0.165. The van der Waals surface area contributed by atoms with Crippen molar-refractivity contribution in [2.24, 2.45) is 0 Å². The summed E-state index contributed by atoms with van der Waals surface area (Å²) >= 11 is 0. The molecule has 0 saturated heterocycles. The van der Waals surface area contributed by atoms with E-state index < -0.39 is 0 Å². The van der Waals surface area contributed by atoms with Gasteiger partial charge in [-0.3, -0.25) is 0 Å². The number of aryl methyl sites for hydroxylation is 1. The Kier molecular flexibility index (Phi) is 7.14. The minimum Gasteiger partial charge on any atom is -0.455 e. The van der Waals surface area contributed by atoms with Gasteiger partial charge in [0.05, 0.1) is 5.69 Å². The molecule has 0 saturated carbocycles. The zero-order valence-corrected chi connectivity index (χ0v) is 35.6. The van der Waals surface area contributed by atoms with Gasteiger partial charge in [-0.15, -0.1) is 0 Å². The van der Waals surface area contributed by atoms with Crippen LogP contribution in [-0.2, 0) is 0 Å². The van der Waals surface area contributed by atoms with E-state index in [1.165, 1.54) is 5.56 Å². The molecule has 0 aliphatic carbocycles. The third-order valence-electron chi connectivity index (χ3n) is 14.0. The van der Waals surface area contributed by atoms with E-state index in [2.05, 4.69) is 180 Å². The zero-order valence-electron chi connectivity index (χ0n) is 35.6. The highest BCUT2D eigenvalue weighted by Gasteiger charge is 2.48. The number of anilines is 5. The van der Waals surface area contributed by atoms with Crippen LogP contribution in [-0.4, -0.2) is 6.85 Å². The molecule has 0 amide bonds. The second kappa shape index (κ2) is 13.2. The molecule has 0 atom stereocenters. The van der Waals surface area contributed by atoms with Crippen molar-refractivity contribution in [1.82, 2.24) is 0 Å². The van der Waals surface area contributed by atoms with Crippen LogP contribution in [0.4, 0.5) is 28.4 Å². The third-order valence-corrected chi connectivity index (χ3v) is 14.0. The first-order valence-corrected chi connectivity index (χ1v) is 22.4. The largest absolute Gasteiger partial charge is 0.455 e. The van der Waals surface area contributed by atoms with Crippen LogP contribution in [0.2, 0.25) is 0 Å². The van der Waals surface area contributed by atoms with Crippen molar-refractivity contribution in [2.75, 3.05) is 9.71 Å². The molecule has 12 aromatic rings. The summed E-state index contributed by atoms with van der Waals surface area (Å²) in [6, 6.07) is 68.7. The van der Waals surface area contributed by atoms with Crippen molar-refractivity contribution in [3.63, 3.8) is 0 Å². The Morgan fingerprint density at radius 1 is 0.409 bits per heavy atom. The number of nitrogens with zero attached hydrogens (tertiary/aromatic N) is 2. The molecule has 3 aliphatic rings. The van der Waals surface area contributed by atoms with Crippen LogP contribution in [0.25, 0.3) is 76.9 Å². The topological polar surface area (TPSA) is 51.2 Å². The summed E-state index contributed by atoms with van der Waals surface area (Å²) in [6.07, 6.45) is 0. The van der Waals surface area contributed by atoms with Crippen LogP contribution in [0, 0.1) is 6.92 Å². The van der Waals surface area contributed by atoms with Gasteiger partial charge in [-0.1, -0.05) is 121 Å². The molecule has 308 valence electrons. The lowest BCUT2D eigenvalue weighted by Gasteiger charge is -2.46. The predicted octanol–water partition coefficient (Wildman–Crippen LogP) is 15.2. The molecule has 10 aromatic carbocycles. The predicted molar refractivity (Wildman–Crippen MR) is 269 cm³/mol. The molecule has 66 heavy (non-hydrogen) atoms. The smallest absolute Gasteiger partial charge is 0.333 e. The summed E-state index contributed by atoms with van der Waals surface area (Å²) in [7, 11) is 0. The monoisotopic (exact) mass is 846 g/mol. The van der Waals surface area contributed by atoms with Gasteiger partial charge in [0, 0.05) is 61.5 Å². The van der Waals surface area contributed by atoms with Gasteiger partial charge in [0.25, 0.3) is 0 Å². The maximum absolute atomic E-state index is 7.09. The molecule has 0 radical (unpaired) electrons. The summed E-state index contributed by atoms with van der Waals surface area (Å²) in [5.41, 5.74) is 16.4. The highest BCUT2D eigenvalue weighted by Crippen LogP contribution is 2.55. The van der Waals surface area contributed by atoms with E-state index in [1.54, 1.807) is 0 Å². The second-order valence-corrected chi connectivity index (χ2v) is 17.6. The Bertz CT molecular complexity index is 4060. The number of benzene rings is 10. The molecule has 7 heteroatoms. The van der Waals surface area contributed by atoms with Crippen molar-refractivity contribution in [1.29, 1.82) is 0 Å². The first kappa shape index (κ1) is 35.7. The lowest BCUT2D eigenvalue weighted by molar-refractivity contribution is 0.360. The summed E-state index contributed by atoms with van der Waals surface area (Å²) in [4.78, 5) is 4.96. The van der Waals surface area contributed by atoms with Crippen LogP contribution in [0.5, 0.6) is 23.0 Å². The van der Waals surface area contributed by atoms with Gasteiger partial charge in [0.1, 0.15) is 16.7 Å². The van der Waals surface area contributed by atoms with Crippen molar-refractivity contribution in [2.45, 2.75) is 6.92 Å². The highest BCUT2D eigenvalue weighted by molar-refractivity contribution is 6.94. The van der Waals surface area contributed by atoms with Gasteiger partial charge in [0.2, 0.25) is 0 Å². The van der Waals surface area contributed by atoms with E-state index in [0.29, 0.717) is 23.0 Å². The summed E-state index contributed by atoms with van der Waals surface area (Å²) in [5.74, 6) is 2.67. The van der Waals surface area contributed by atoms with Crippen molar-refractivity contribution >= 4 is 101 Å². The Labute approximate surface area is 379 Å². The molecular weight excluding hydrogens is 811 g/mol. The summed E-state index contributed by atoms with van der Waals surface area (Å²) < 4.78 is 27.6. The van der Waals surface area contributed by atoms with E-state index in [-0.39, 0.29) is 6.85 Å². The fourth-order valence-electron chi connectivity index (χ4n) is 11.1. The molecule has 15 rings (SSSR count). The normalized spacial score (nSPS) is 13.4. The first-order chi connectivity index (χ1) is 32.6. The molecule has 0 N–H and O–H groups in total. The van der Waals surface area contributed by atoms with E-state index >= 15 is 0 Å². The fraction of sp³-hybridized carbons (Fsp3) is 0.0169. The van der Waals surface area contributed by atoms with E-state index in [1.807, 2.05) is 30.3 Å². The van der Waals surface area contributed by atoms with Crippen LogP contribution in [0.15, 0.2) is 203 Å². The molecule has 6 nitrogen and oxygen atoms in total. The maximum atomic E-state index is 7.09. The molecule has 0 spiro atoms. The molecule has 3 aliphatic heterocycles. The molecule has 2 aromatic heterocycles. The number of rotatable bonds is 3. The van der Waals surface area contributed by atoms with Gasteiger partial charge in [-0.2, -0.15) is 0 Å². The Hall–Kier alpha value is -8.68. The van der Waals surface area contributed by atoms with Crippen molar-refractivity contribution in [3.8, 4) is 45.3 Å². The summed E-state index contributed by atoms with van der Waals surface area (Å²) in [5, 5.41) is 6.57.